The molecule has 0 spiro atoms. The Balaban J connectivity index is 1.76. The van der Waals surface area contributed by atoms with Gasteiger partial charge in [-0.05, 0) is 0 Å². The lowest BCUT2D eigenvalue weighted by molar-refractivity contribution is -0.912. The monoisotopic (exact) mass is 373 g/mol. The van der Waals surface area contributed by atoms with Crippen LogP contribution in [0.3, 0.4) is 0 Å². The molecule has 2 aromatic carbocycles. The molecule has 2 N–H and O–H groups in total. The molecule has 3 heterocycles. The Morgan fingerprint density at radius 2 is 1.07 bits per heavy atom. The first kappa shape index (κ1) is 17.7. The van der Waals surface area contributed by atoms with Gasteiger partial charge in [0.25, 0.3) is 0 Å². The first-order valence-corrected chi connectivity index (χ1v) is 10.6. The summed E-state index contributed by atoms with van der Waals surface area (Å²) in [6, 6.07) is 23.2. The highest BCUT2D eigenvalue weighted by Crippen LogP contribution is 2.38. The van der Waals surface area contributed by atoms with Gasteiger partial charge in [-0.25, -0.2) is 0 Å². The van der Waals surface area contributed by atoms with Gasteiger partial charge < -0.3 is 14.4 Å². The van der Waals surface area contributed by atoms with Gasteiger partial charge in [0.05, 0.1) is 27.2 Å². The van der Waals surface area contributed by atoms with E-state index in [0.29, 0.717) is 12.1 Å². The molecule has 0 radical (unpaired) electrons. The summed E-state index contributed by atoms with van der Waals surface area (Å²) >= 11 is 0. The normalized spacial score (nSPS) is 26.5. The molecule has 0 saturated carbocycles. The molecule has 28 heavy (non-hydrogen) atoms. The summed E-state index contributed by atoms with van der Waals surface area (Å²) in [5, 5.41) is 0. The smallest absolute Gasteiger partial charge is 0.141 e. The molecule has 0 fully saturated rings. The largest absolute Gasteiger partial charge is 0.350 e. The predicted octanol–water partition coefficient (Wildman–Crippen LogP) is 1.35. The summed E-state index contributed by atoms with van der Waals surface area (Å²) in [6.07, 6.45) is 2.35. The number of hydrogen-bond donors (Lipinski definition) is 2. The maximum Gasteiger partial charge on any atom is 0.141 e. The van der Waals surface area contributed by atoms with Crippen molar-refractivity contribution in [3.8, 4) is 0 Å². The molecule has 4 unspecified atom stereocenters. The van der Waals surface area contributed by atoms with Crippen LogP contribution in [-0.2, 0) is 19.9 Å². The Morgan fingerprint density at radius 3 is 1.46 bits per heavy atom. The third-order valence-corrected chi connectivity index (χ3v) is 7.06. The van der Waals surface area contributed by atoms with E-state index < -0.39 is 0 Å². The zero-order valence-electron chi connectivity index (χ0n) is 17.2. The lowest BCUT2D eigenvalue weighted by Gasteiger charge is -2.35. The van der Waals surface area contributed by atoms with Crippen LogP contribution in [0.5, 0.6) is 0 Å². The highest BCUT2D eigenvalue weighted by molar-refractivity contribution is 5.49. The SMILES string of the molecule is Cn1c2c(c3c1CC[NH+](C)C3c1ccccc1)C(c1ccccc1)[NH+](C)CC2. The van der Waals surface area contributed by atoms with E-state index in [1.165, 1.54) is 37.1 Å². The lowest BCUT2D eigenvalue weighted by atomic mass is 9.83. The standard InChI is InChI=1S/C25H29N3/c1-26-16-14-20-22(24(26)18-10-6-4-7-11-18)23-21(28(20)3)15-17-27(2)25(23)19-12-8-5-9-13-19/h4-13,24-25H,14-17H2,1-3H3/p+2. The highest BCUT2D eigenvalue weighted by Gasteiger charge is 2.43. The van der Waals surface area contributed by atoms with E-state index in [9.17, 15) is 0 Å². The molecule has 5 rings (SSSR count). The molecule has 2 aliphatic heterocycles. The van der Waals surface area contributed by atoms with Crippen molar-refractivity contribution in [2.24, 2.45) is 7.05 Å². The van der Waals surface area contributed by atoms with Crippen LogP contribution in [0.25, 0.3) is 0 Å². The molecule has 1 aromatic heterocycles. The van der Waals surface area contributed by atoms with Crippen molar-refractivity contribution < 1.29 is 9.80 Å². The summed E-state index contributed by atoms with van der Waals surface area (Å²) in [4.78, 5) is 3.23. The van der Waals surface area contributed by atoms with Gasteiger partial charge in [0.2, 0.25) is 0 Å². The van der Waals surface area contributed by atoms with Crippen molar-refractivity contribution >= 4 is 0 Å². The summed E-state index contributed by atoms with van der Waals surface area (Å²) in [5.74, 6) is 0. The second-order valence-electron chi connectivity index (χ2n) is 8.66. The molecule has 4 atom stereocenters. The van der Waals surface area contributed by atoms with E-state index in [0.717, 1.165) is 0 Å². The summed E-state index contributed by atoms with van der Waals surface area (Å²) < 4.78 is 2.55. The minimum Gasteiger partial charge on any atom is -0.350 e. The topological polar surface area (TPSA) is 13.8 Å². The molecule has 0 aliphatic carbocycles. The number of hydrogen-bond acceptors (Lipinski definition) is 0. The number of rotatable bonds is 2. The molecule has 0 amide bonds. The van der Waals surface area contributed by atoms with Crippen molar-refractivity contribution in [1.29, 1.82) is 0 Å². The fourth-order valence-corrected chi connectivity index (χ4v) is 5.69. The molecule has 3 aromatic rings. The average Bonchev–Trinajstić information content (AvgIpc) is 3.01. The van der Waals surface area contributed by atoms with E-state index in [1.54, 1.807) is 32.3 Å². The van der Waals surface area contributed by atoms with Gasteiger partial charge in [-0.1, -0.05) is 60.7 Å². The Kier molecular flexibility index (Phi) is 4.37. The Bertz CT molecular complexity index is 895. The van der Waals surface area contributed by atoms with Gasteiger partial charge in [-0.3, -0.25) is 0 Å². The predicted molar refractivity (Wildman–Crippen MR) is 113 cm³/mol. The number of fused-ring (bicyclic) bond motifs is 3. The van der Waals surface area contributed by atoms with Crippen molar-refractivity contribution in [3.05, 3.63) is 94.3 Å². The van der Waals surface area contributed by atoms with Gasteiger partial charge in [0.15, 0.2) is 0 Å². The Hall–Kier alpha value is -2.36. The van der Waals surface area contributed by atoms with E-state index in [4.69, 9.17) is 0 Å². The number of likely N-dealkylation sites (N-methyl/N-ethyl adjacent to an activating group) is 2. The van der Waals surface area contributed by atoms with Crippen LogP contribution in [0.2, 0.25) is 0 Å². The van der Waals surface area contributed by atoms with Crippen LogP contribution < -0.4 is 9.80 Å². The molecular formula is C25H31N3+2. The number of nitrogens with zero attached hydrogens (tertiary/aromatic N) is 1. The maximum absolute atomic E-state index is 2.55. The van der Waals surface area contributed by atoms with Crippen LogP contribution in [0.15, 0.2) is 60.7 Å². The number of aromatic nitrogens is 1. The molecule has 3 nitrogen and oxygen atoms in total. The average molecular weight is 374 g/mol. The van der Waals surface area contributed by atoms with Gasteiger partial charge in [0.1, 0.15) is 12.1 Å². The van der Waals surface area contributed by atoms with Crippen LogP contribution in [0.1, 0.15) is 45.7 Å². The minimum atomic E-state index is 0.428. The number of benzene rings is 2. The highest BCUT2D eigenvalue weighted by atomic mass is 15.2. The molecule has 2 aliphatic rings. The van der Waals surface area contributed by atoms with Crippen molar-refractivity contribution in [3.63, 3.8) is 0 Å². The van der Waals surface area contributed by atoms with Crippen molar-refractivity contribution in [2.75, 3.05) is 27.2 Å². The van der Waals surface area contributed by atoms with Gasteiger partial charge >= 0.3 is 0 Å². The van der Waals surface area contributed by atoms with E-state index >= 15 is 0 Å². The van der Waals surface area contributed by atoms with Crippen LogP contribution >= 0.6 is 0 Å². The molecule has 0 saturated heterocycles. The molecular weight excluding hydrogens is 342 g/mol. The lowest BCUT2D eigenvalue weighted by Crippen LogP contribution is -3.11. The summed E-state index contributed by atoms with van der Waals surface area (Å²) in [7, 11) is 7.05. The third-order valence-electron chi connectivity index (χ3n) is 7.06. The van der Waals surface area contributed by atoms with Crippen LogP contribution in [-0.4, -0.2) is 31.8 Å². The van der Waals surface area contributed by atoms with E-state index in [-0.39, 0.29) is 0 Å². The third kappa shape index (κ3) is 2.65. The Morgan fingerprint density at radius 1 is 0.679 bits per heavy atom. The van der Waals surface area contributed by atoms with Crippen molar-refractivity contribution in [2.45, 2.75) is 24.9 Å². The first-order chi connectivity index (χ1) is 13.7. The van der Waals surface area contributed by atoms with E-state index in [2.05, 4.69) is 86.4 Å². The van der Waals surface area contributed by atoms with Crippen molar-refractivity contribution in [1.82, 2.24) is 4.57 Å². The summed E-state index contributed by atoms with van der Waals surface area (Å²) in [5.41, 5.74) is 9.26. The van der Waals surface area contributed by atoms with Crippen LogP contribution in [0.4, 0.5) is 0 Å². The quantitative estimate of drug-likeness (QED) is 0.674. The minimum absolute atomic E-state index is 0.428. The zero-order valence-corrected chi connectivity index (χ0v) is 17.2. The van der Waals surface area contributed by atoms with E-state index in [1.807, 2.05) is 0 Å². The maximum atomic E-state index is 2.55. The molecule has 144 valence electrons. The molecule has 3 heteroatoms. The first-order valence-electron chi connectivity index (χ1n) is 10.6. The number of nitrogens with one attached hydrogen (secondary N) is 2. The van der Waals surface area contributed by atoms with Gasteiger partial charge in [-0.2, -0.15) is 0 Å². The zero-order chi connectivity index (χ0) is 19.3. The molecule has 0 bridgehead atoms. The summed E-state index contributed by atoms with van der Waals surface area (Å²) in [6.45, 7) is 2.39. The van der Waals surface area contributed by atoms with Crippen LogP contribution in [0, 0.1) is 0 Å². The number of quaternary nitrogens is 2. The fraction of sp³-hybridized carbons (Fsp3) is 0.360. The Labute approximate surface area is 168 Å². The second-order valence-corrected chi connectivity index (χ2v) is 8.66. The van der Waals surface area contributed by atoms with Gasteiger partial charge in [0, 0.05) is 53.5 Å². The second kappa shape index (κ2) is 6.91. The van der Waals surface area contributed by atoms with Gasteiger partial charge in [-0.15, -0.1) is 0 Å². The fourth-order valence-electron chi connectivity index (χ4n) is 5.69.